The topological polar surface area (TPSA) is 46.4 Å². The lowest BCUT2D eigenvalue weighted by atomic mass is 10.1. The molecular weight excluding hydrogens is 368 g/mol. The Morgan fingerprint density at radius 2 is 1.85 bits per heavy atom. The smallest absolute Gasteiger partial charge is 0.263 e. The summed E-state index contributed by atoms with van der Waals surface area (Å²) in [6.07, 6.45) is 0.817. The summed E-state index contributed by atoms with van der Waals surface area (Å²) >= 11 is 1.38. The maximum atomic E-state index is 13.8. The van der Waals surface area contributed by atoms with E-state index in [4.69, 9.17) is 0 Å². The number of halogens is 2. The quantitative estimate of drug-likeness (QED) is 0.724. The highest BCUT2D eigenvalue weighted by Gasteiger charge is 2.25. The summed E-state index contributed by atoms with van der Waals surface area (Å²) in [6, 6.07) is 13.7. The zero-order valence-electron chi connectivity index (χ0n) is 14.5. The Hall–Kier alpha value is -2.64. The van der Waals surface area contributed by atoms with Gasteiger partial charge in [0.2, 0.25) is 0 Å². The third kappa shape index (κ3) is 3.89. The van der Waals surface area contributed by atoms with Crippen molar-refractivity contribution in [1.29, 1.82) is 0 Å². The van der Waals surface area contributed by atoms with Crippen LogP contribution in [0.5, 0.6) is 0 Å². The second kappa shape index (κ2) is 7.54. The minimum atomic E-state index is -0.882. The van der Waals surface area contributed by atoms with Gasteiger partial charge in [-0.1, -0.05) is 47.7 Å². The summed E-state index contributed by atoms with van der Waals surface area (Å²) in [4.78, 5) is 19.2. The van der Waals surface area contributed by atoms with Crippen LogP contribution < -0.4 is 10.2 Å². The van der Waals surface area contributed by atoms with Gasteiger partial charge in [-0.3, -0.25) is 10.1 Å². The fourth-order valence-electron chi connectivity index (χ4n) is 3.29. The van der Waals surface area contributed by atoms with E-state index >= 15 is 0 Å². The maximum Gasteiger partial charge on any atom is 0.263 e. The minimum absolute atomic E-state index is 0.383. The van der Waals surface area contributed by atoms with Crippen LogP contribution in [0.25, 0.3) is 0 Å². The normalized spacial score (nSPS) is 16.0. The molecule has 0 spiro atoms. The van der Waals surface area contributed by atoms with Crippen molar-refractivity contribution < 1.29 is 18.5 Å². The van der Waals surface area contributed by atoms with Gasteiger partial charge in [0.15, 0.2) is 5.13 Å². The van der Waals surface area contributed by atoms with E-state index in [-0.39, 0.29) is 0 Å². The number of carbonyl (C=O) groups excluding carboxylic acids is 1. The van der Waals surface area contributed by atoms with Gasteiger partial charge in [0.05, 0.1) is 17.1 Å². The standard InChI is InChI=1S/C20H17F2N3OS/c21-14-7-4-8-15(22)18(14)19(26)24-20-23-16-9-10-25(12-17(16)27-20)11-13-5-2-1-3-6-13/h1-8H,9-12H2,(H,23,24,26)/p+1. The summed E-state index contributed by atoms with van der Waals surface area (Å²) in [5.74, 6) is -2.58. The number of nitrogens with one attached hydrogen (secondary N) is 2. The molecule has 0 saturated heterocycles. The number of quaternary nitrogens is 1. The molecule has 2 aromatic carbocycles. The van der Waals surface area contributed by atoms with E-state index in [2.05, 4.69) is 22.4 Å². The Labute approximate surface area is 159 Å². The van der Waals surface area contributed by atoms with Gasteiger partial charge in [0.25, 0.3) is 5.91 Å². The van der Waals surface area contributed by atoms with Crippen LogP contribution in [0.2, 0.25) is 0 Å². The van der Waals surface area contributed by atoms with Crippen molar-refractivity contribution >= 4 is 22.4 Å². The predicted octanol–water partition coefficient (Wildman–Crippen LogP) is 2.81. The number of thiazole rings is 1. The predicted molar refractivity (Wildman–Crippen MR) is 99.8 cm³/mol. The number of hydrogen-bond donors (Lipinski definition) is 2. The molecule has 4 nitrogen and oxygen atoms in total. The van der Waals surface area contributed by atoms with Gasteiger partial charge in [-0.15, -0.1) is 0 Å². The molecule has 1 aliphatic heterocycles. The molecule has 1 aromatic heterocycles. The number of nitrogens with zero attached hydrogens (tertiary/aromatic N) is 1. The van der Waals surface area contributed by atoms with Crippen LogP contribution in [0.3, 0.4) is 0 Å². The molecule has 0 aliphatic carbocycles. The molecule has 1 unspecified atom stereocenters. The Balaban J connectivity index is 1.46. The first-order chi connectivity index (χ1) is 13.1. The largest absolute Gasteiger partial charge is 0.326 e. The minimum Gasteiger partial charge on any atom is -0.326 e. The summed E-state index contributed by atoms with van der Waals surface area (Å²) in [6.45, 7) is 2.72. The van der Waals surface area contributed by atoms with E-state index < -0.39 is 23.1 Å². The van der Waals surface area contributed by atoms with Gasteiger partial charge < -0.3 is 4.90 Å². The molecule has 0 saturated carbocycles. The van der Waals surface area contributed by atoms with Crippen LogP contribution in [-0.2, 0) is 19.5 Å². The molecule has 3 aromatic rings. The number of aromatic nitrogens is 1. The lowest BCUT2D eigenvalue weighted by Gasteiger charge is -2.22. The monoisotopic (exact) mass is 386 g/mol. The number of benzene rings is 2. The van der Waals surface area contributed by atoms with Gasteiger partial charge in [0, 0.05) is 12.0 Å². The first kappa shape index (κ1) is 17.8. The van der Waals surface area contributed by atoms with Crippen molar-refractivity contribution in [2.24, 2.45) is 0 Å². The molecular formula is C20H18F2N3OS+. The SMILES string of the molecule is O=C(Nc1nc2c(s1)C[NH+](Cc1ccccc1)CC2)c1c(F)cccc1F. The molecule has 1 atom stereocenters. The van der Waals surface area contributed by atoms with Crippen LogP contribution in [0.4, 0.5) is 13.9 Å². The molecule has 0 radical (unpaired) electrons. The Kier molecular flexibility index (Phi) is 4.96. The maximum absolute atomic E-state index is 13.8. The summed E-state index contributed by atoms with van der Waals surface area (Å²) in [7, 11) is 0. The van der Waals surface area contributed by atoms with Crippen molar-refractivity contribution in [3.8, 4) is 0 Å². The second-order valence-electron chi connectivity index (χ2n) is 6.53. The molecule has 1 aliphatic rings. The number of rotatable bonds is 4. The highest BCUT2D eigenvalue weighted by atomic mass is 32.1. The Morgan fingerprint density at radius 3 is 2.59 bits per heavy atom. The van der Waals surface area contributed by atoms with Gasteiger partial charge in [-0.25, -0.2) is 13.8 Å². The van der Waals surface area contributed by atoms with E-state index in [1.165, 1.54) is 27.9 Å². The van der Waals surface area contributed by atoms with Crippen LogP contribution in [0.15, 0.2) is 48.5 Å². The Bertz CT molecular complexity index is 954. The fraction of sp³-hybridized carbons (Fsp3) is 0.200. The number of anilines is 1. The van der Waals surface area contributed by atoms with Gasteiger partial charge in [0.1, 0.15) is 30.3 Å². The second-order valence-corrected chi connectivity index (χ2v) is 7.61. The van der Waals surface area contributed by atoms with Crippen molar-refractivity contribution in [2.75, 3.05) is 11.9 Å². The van der Waals surface area contributed by atoms with Crippen molar-refractivity contribution in [3.05, 3.63) is 81.9 Å². The van der Waals surface area contributed by atoms with E-state index in [0.29, 0.717) is 5.13 Å². The molecule has 7 heteroatoms. The molecule has 4 rings (SSSR count). The number of hydrogen-bond acceptors (Lipinski definition) is 3. The molecule has 0 bridgehead atoms. The molecule has 27 heavy (non-hydrogen) atoms. The van der Waals surface area contributed by atoms with E-state index in [1.807, 2.05) is 18.2 Å². The lowest BCUT2D eigenvalue weighted by Crippen LogP contribution is -3.10. The van der Waals surface area contributed by atoms with E-state index in [1.54, 1.807) is 0 Å². The Morgan fingerprint density at radius 1 is 1.11 bits per heavy atom. The number of fused-ring (bicyclic) bond motifs is 1. The van der Waals surface area contributed by atoms with Crippen LogP contribution in [0, 0.1) is 11.6 Å². The summed E-state index contributed by atoms with van der Waals surface area (Å²) in [5, 5.41) is 2.92. The third-order valence-corrected chi connectivity index (χ3v) is 5.62. The highest BCUT2D eigenvalue weighted by molar-refractivity contribution is 7.15. The average molecular weight is 386 g/mol. The highest BCUT2D eigenvalue weighted by Crippen LogP contribution is 2.25. The number of amides is 1. The van der Waals surface area contributed by atoms with Gasteiger partial charge in [-0.05, 0) is 12.1 Å². The lowest BCUT2D eigenvalue weighted by molar-refractivity contribution is -0.929. The molecule has 2 heterocycles. The van der Waals surface area contributed by atoms with Crippen molar-refractivity contribution in [1.82, 2.24) is 4.98 Å². The average Bonchev–Trinajstić information content (AvgIpc) is 3.04. The molecule has 138 valence electrons. The summed E-state index contributed by atoms with van der Waals surface area (Å²) in [5.41, 5.74) is 1.66. The van der Waals surface area contributed by atoms with Crippen molar-refractivity contribution in [2.45, 2.75) is 19.5 Å². The zero-order chi connectivity index (χ0) is 18.8. The first-order valence-electron chi connectivity index (χ1n) is 8.71. The summed E-state index contributed by atoms with van der Waals surface area (Å²) < 4.78 is 27.5. The third-order valence-electron chi connectivity index (χ3n) is 4.61. The van der Waals surface area contributed by atoms with Gasteiger partial charge in [-0.2, -0.15) is 0 Å². The van der Waals surface area contributed by atoms with Crippen LogP contribution >= 0.6 is 11.3 Å². The first-order valence-corrected chi connectivity index (χ1v) is 9.53. The fourth-order valence-corrected chi connectivity index (χ4v) is 4.37. The van der Waals surface area contributed by atoms with E-state index in [9.17, 15) is 13.6 Å². The zero-order valence-corrected chi connectivity index (χ0v) is 15.3. The van der Waals surface area contributed by atoms with Crippen LogP contribution in [-0.4, -0.2) is 17.4 Å². The van der Waals surface area contributed by atoms with Crippen molar-refractivity contribution in [3.63, 3.8) is 0 Å². The number of carbonyl (C=O) groups is 1. The molecule has 2 N–H and O–H groups in total. The van der Waals surface area contributed by atoms with Crippen LogP contribution in [0.1, 0.15) is 26.5 Å². The molecule has 1 amide bonds. The molecule has 0 fully saturated rings. The van der Waals surface area contributed by atoms with Gasteiger partial charge >= 0.3 is 0 Å². The van der Waals surface area contributed by atoms with E-state index in [0.717, 1.165) is 48.8 Å².